The van der Waals surface area contributed by atoms with Crippen LogP contribution in [0.2, 0.25) is 0 Å². The van der Waals surface area contributed by atoms with Crippen LogP contribution >= 0.6 is 27.7 Å². The van der Waals surface area contributed by atoms with Crippen molar-refractivity contribution in [1.82, 2.24) is 9.80 Å². The average Bonchev–Trinajstić information content (AvgIpc) is 3.06. The first-order chi connectivity index (χ1) is 16.3. The molecule has 10 nitrogen and oxygen atoms in total. The van der Waals surface area contributed by atoms with E-state index in [1.165, 1.54) is 0 Å². The van der Waals surface area contributed by atoms with Crippen LogP contribution in [0.4, 0.5) is 4.79 Å². The van der Waals surface area contributed by atoms with E-state index >= 15 is 0 Å². The molecule has 0 saturated carbocycles. The maximum Gasteiger partial charge on any atom is 0.344 e. The second-order valence-electron chi connectivity index (χ2n) is 7.12. The van der Waals surface area contributed by atoms with E-state index < -0.39 is 17.1 Å². The molecule has 2 aliphatic rings. The Morgan fingerprint density at radius 1 is 1.15 bits per heavy atom. The third-order valence-corrected chi connectivity index (χ3v) is 6.30. The van der Waals surface area contributed by atoms with Crippen LogP contribution in [0.15, 0.2) is 21.5 Å². The molecule has 2 fully saturated rings. The van der Waals surface area contributed by atoms with Crippen molar-refractivity contribution in [1.29, 1.82) is 0 Å². The Bertz CT molecular complexity index is 993. The van der Waals surface area contributed by atoms with Gasteiger partial charge in [-0.3, -0.25) is 19.3 Å². The predicted molar refractivity (Wildman–Crippen MR) is 128 cm³/mol. The minimum atomic E-state index is -0.534. The Kier molecular flexibility index (Phi) is 9.36. The summed E-state index contributed by atoms with van der Waals surface area (Å²) < 4.78 is 21.8. The van der Waals surface area contributed by atoms with Crippen molar-refractivity contribution in [3.8, 4) is 11.5 Å². The molecule has 2 aliphatic heterocycles. The topological polar surface area (TPSA) is 112 Å². The van der Waals surface area contributed by atoms with Gasteiger partial charge in [-0.1, -0.05) is 0 Å². The number of morpholine rings is 1. The van der Waals surface area contributed by atoms with Gasteiger partial charge in [-0.25, -0.2) is 4.79 Å². The average molecular weight is 557 g/mol. The van der Waals surface area contributed by atoms with E-state index in [9.17, 15) is 19.2 Å². The summed E-state index contributed by atoms with van der Waals surface area (Å²) in [6.07, 6.45) is 1.55. The van der Waals surface area contributed by atoms with Gasteiger partial charge in [0.2, 0.25) is 5.91 Å². The first-order valence-electron chi connectivity index (χ1n) is 10.7. The van der Waals surface area contributed by atoms with E-state index in [-0.39, 0.29) is 30.6 Å². The van der Waals surface area contributed by atoms with E-state index in [0.717, 1.165) is 16.7 Å². The number of carbonyl (C=O) groups is 4. The zero-order chi connectivity index (χ0) is 24.7. The lowest BCUT2D eigenvalue weighted by Gasteiger charge is -2.28. The minimum absolute atomic E-state index is 0.189. The highest BCUT2D eigenvalue weighted by molar-refractivity contribution is 9.10. The van der Waals surface area contributed by atoms with Crippen molar-refractivity contribution in [2.24, 2.45) is 0 Å². The highest BCUT2D eigenvalue weighted by Gasteiger charge is 2.37. The maximum absolute atomic E-state index is 12.8. The third kappa shape index (κ3) is 6.51. The first kappa shape index (κ1) is 26.0. The summed E-state index contributed by atoms with van der Waals surface area (Å²) in [4.78, 5) is 52.1. The minimum Gasteiger partial charge on any atom is -0.490 e. The number of esters is 1. The van der Waals surface area contributed by atoms with E-state index in [0.29, 0.717) is 54.4 Å². The number of rotatable bonds is 9. The molecule has 0 N–H and O–H groups in total. The van der Waals surface area contributed by atoms with Gasteiger partial charge in [0.25, 0.3) is 11.1 Å². The predicted octanol–water partition coefficient (Wildman–Crippen LogP) is 2.68. The van der Waals surface area contributed by atoms with Crippen LogP contribution in [0, 0.1) is 0 Å². The summed E-state index contributed by atoms with van der Waals surface area (Å²) in [5.41, 5.74) is 0.573. The van der Waals surface area contributed by atoms with Gasteiger partial charge in [-0.05, 0) is 65.3 Å². The van der Waals surface area contributed by atoms with Crippen LogP contribution in [-0.2, 0) is 23.9 Å². The van der Waals surface area contributed by atoms with Gasteiger partial charge in [0.05, 0.1) is 35.8 Å². The number of carbonyl (C=O) groups excluding carboxylic acids is 4. The van der Waals surface area contributed by atoms with E-state index in [4.69, 9.17) is 18.9 Å². The van der Waals surface area contributed by atoms with Crippen LogP contribution < -0.4 is 9.47 Å². The Morgan fingerprint density at radius 3 is 2.56 bits per heavy atom. The second-order valence-corrected chi connectivity index (χ2v) is 8.97. The van der Waals surface area contributed by atoms with Gasteiger partial charge in [0.1, 0.15) is 6.54 Å². The van der Waals surface area contributed by atoms with Crippen LogP contribution in [0.5, 0.6) is 11.5 Å². The zero-order valence-corrected chi connectivity index (χ0v) is 21.2. The Hall–Kier alpha value is -2.57. The molecule has 0 spiro atoms. The second kappa shape index (κ2) is 12.2. The summed E-state index contributed by atoms with van der Waals surface area (Å²) in [6, 6.07) is 3.32. The van der Waals surface area contributed by atoms with Gasteiger partial charge in [0, 0.05) is 13.1 Å². The quantitative estimate of drug-likeness (QED) is 0.334. The molecule has 0 unspecified atom stereocenters. The lowest BCUT2D eigenvalue weighted by Crippen LogP contribution is -2.46. The summed E-state index contributed by atoms with van der Waals surface area (Å²) in [6.45, 7) is 5.22. The molecular formula is C22H25BrN2O8S. The lowest BCUT2D eigenvalue weighted by atomic mass is 10.2. The highest BCUT2D eigenvalue weighted by Crippen LogP contribution is 2.39. The first-order valence-corrected chi connectivity index (χ1v) is 12.3. The summed E-state index contributed by atoms with van der Waals surface area (Å²) in [5.74, 6) is -0.670. The fourth-order valence-corrected chi connectivity index (χ4v) is 4.66. The van der Waals surface area contributed by atoms with Crippen molar-refractivity contribution in [2.75, 3.05) is 52.7 Å². The van der Waals surface area contributed by atoms with E-state index in [1.54, 1.807) is 37.0 Å². The molecule has 0 aliphatic carbocycles. The Morgan fingerprint density at radius 2 is 1.88 bits per heavy atom. The van der Waals surface area contributed by atoms with Crippen LogP contribution in [0.25, 0.3) is 6.08 Å². The Balaban J connectivity index is 1.76. The van der Waals surface area contributed by atoms with Crippen molar-refractivity contribution in [3.63, 3.8) is 0 Å². The van der Waals surface area contributed by atoms with Crippen molar-refractivity contribution in [2.45, 2.75) is 13.8 Å². The molecule has 1 aromatic carbocycles. The fourth-order valence-electron chi connectivity index (χ4n) is 3.24. The molecule has 184 valence electrons. The molecule has 12 heteroatoms. The standard InChI is InChI=1S/C22H25BrN2O8S/c1-3-31-16-10-14(9-15(23)20(16)33-13-19(27)32-4-2)11-17-21(28)25(22(29)34-17)12-18(26)24-5-7-30-8-6-24/h9-11H,3-8,12-13H2,1-2H3/b17-11+. The molecule has 0 aromatic heterocycles. The molecule has 2 saturated heterocycles. The monoisotopic (exact) mass is 556 g/mol. The number of imide groups is 1. The molecule has 0 atom stereocenters. The molecule has 2 heterocycles. The molecule has 3 amide bonds. The van der Waals surface area contributed by atoms with Crippen molar-refractivity contribution >= 4 is 56.8 Å². The molecule has 1 aromatic rings. The maximum atomic E-state index is 12.8. The lowest BCUT2D eigenvalue weighted by molar-refractivity contribution is -0.145. The van der Waals surface area contributed by atoms with Gasteiger partial charge in [-0.2, -0.15) is 0 Å². The highest BCUT2D eigenvalue weighted by atomic mass is 79.9. The number of ether oxygens (including phenoxy) is 4. The molecule has 34 heavy (non-hydrogen) atoms. The van der Waals surface area contributed by atoms with E-state index in [2.05, 4.69) is 15.9 Å². The molecular weight excluding hydrogens is 532 g/mol. The number of halogens is 1. The van der Waals surface area contributed by atoms with Crippen LogP contribution in [0.3, 0.4) is 0 Å². The van der Waals surface area contributed by atoms with E-state index in [1.807, 2.05) is 0 Å². The van der Waals surface area contributed by atoms with Gasteiger partial charge in [0.15, 0.2) is 18.1 Å². The largest absolute Gasteiger partial charge is 0.490 e. The van der Waals surface area contributed by atoms with Crippen LogP contribution in [-0.4, -0.2) is 85.5 Å². The number of hydrogen-bond acceptors (Lipinski definition) is 9. The number of amides is 3. The van der Waals surface area contributed by atoms with Gasteiger partial charge in [-0.15, -0.1) is 0 Å². The third-order valence-electron chi connectivity index (χ3n) is 4.80. The smallest absolute Gasteiger partial charge is 0.344 e. The van der Waals surface area contributed by atoms with Crippen molar-refractivity contribution < 1.29 is 38.1 Å². The molecule has 3 rings (SSSR count). The summed E-state index contributed by atoms with van der Waals surface area (Å²) in [5, 5.41) is -0.503. The number of thioether (sulfide) groups is 1. The summed E-state index contributed by atoms with van der Waals surface area (Å²) in [7, 11) is 0. The van der Waals surface area contributed by atoms with Gasteiger partial charge < -0.3 is 23.8 Å². The number of nitrogens with zero attached hydrogens (tertiary/aromatic N) is 2. The molecule has 0 bridgehead atoms. The fraction of sp³-hybridized carbons (Fsp3) is 0.455. The summed E-state index contributed by atoms with van der Waals surface area (Å²) >= 11 is 4.18. The zero-order valence-electron chi connectivity index (χ0n) is 18.8. The number of benzene rings is 1. The van der Waals surface area contributed by atoms with Crippen molar-refractivity contribution in [3.05, 3.63) is 27.1 Å². The SMILES string of the molecule is CCOC(=O)COc1c(Br)cc(/C=C2/SC(=O)N(CC(=O)N3CCOCC3)C2=O)cc1OCC. The number of hydrogen-bond donors (Lipinski definition) is 0. The molecule has 0 radical (unpaired) electrons. The Labute approximate surface area is 209 Å². The van der Waals surface area contributed by atoms with Gasteiger partial charge >= 0.3 is 5.97 Å². The normalized spacial score (nSPS) is 17.3. The van der Waals surface area contributed by atoms with Crippen LogP contribution in [0.1, 0.15) is 19.4 Å².